The first-order valence-corrected chi connectivity index (χ1v) is 5.76. The second-order valence-corrected chi connectivity index (χ2v) is 4.20. The Balaban J connectivity index is 2.03. The average Bonchev–Trinajstić information content (AvgIpc) is 2.34. The minimum atomic E-state index is -0.279. The minimum absolute atomic E-state index is 0.279. The Kier molecular flexibility index (Phi) is 3.93. The number of benzene rings is 1. The van der Waals surface area contributed by atoms with Crippen molar-refractivity contribution in [3.8, 4) is 0 Å². The van der Waals surface area contributed by atoms with E-state index in [-0.39, 0.29) is 5.82 Å². The molecule has 0 aliphatic rings. The van der Waals surface area contributed by atoms with Gasteiger partial charge in [-0.3, -0.25) is 4.98 Å². The van der Waals surface area contributed by atoms with Gasteiger partial charge in [-0.05, 0) is 30.3 Å². The summed E-state index contributed by atoms with van der Waals surface area (Å²) in [7, 11) is 0. The summed E-state index contributed by atoms with van der Waals surface area (Å²) in [5, 5.41) is 8.03. The van der Waals surface area contributed by atoms with Crippen molar-refractivity contribution in [1.82, 2.24) is 4.98 Å². The van der Waals surface area contributed by atoms with Crippen molar-refractivity contribution in [3.63, 3.8) is 0 Å². The second-order valence-electron chi connectivity index (χ2n) is 3.34. The number of nitrogens with zero attached hydrogens (tertiary/aromatic N) is 3. The van der Waals surface area contributed by atoms with Crippen LogP contribution in [0.3, 0.4) is 0 Å². The molecule has 0 saturated heterocycles. The topological polar surface area (TPSA) is 37.6 Å². The fourth-order valence-electron chi connectivity index (χ4n) is 1.23. The summed E-state index contributed by atoms with van der Waals surface area (Å²) >= 11 is 3.40. The maximum Gasteiger partial charge on any atom is 0.123 e. The van der Waals surface area contributed by atoms with Crippen LogP contribution in [0, 0.1) is 5.82 Å². The summed E-state index contributed by atoms with van der Waals surface area (Å²) < 4.78 is 13.6. The molecule has 0 fully saturated rings. The summed E-state index contributed by atoms with van der Waals surface area (Å²) in [6.45, 7) is 0.436. The van der Waals surface area contributed by atoms with Crippen molar-refractivity contribution in [2.24, 2.45) is 10.2 Å². The van der Waals surface area contributed by atoms with Crippen LogP contribution in [0.1, 0.15) is 5.56 Å². The molecule has 0 atom stereocenters. The number of hydrogen-bond acceptors (Lipinski definition) is 3. The molecule has 0 aliphatic heterocycles. The van der Waals surface area contributed by atoms with Crippen LogP contribution in [0.15, 0.2) is 57.4 Å². The normalized spacial score (nSPS) is 10.9. The van der Waals surface area contributed by atoms with Gasteiger partial charge in [-0.2, -0.15) is 10.2 Å². The molecule has 0 amide bonds. The zero-order chi connectivity index (χ0) is 12.1. The van der Waals surface area contributed by atoms with Gasteiger partial charge in [0.25, 0.3) is 0 Å². The van der Waals surface area contributed by atoms with Crippen molar-refractivity contribution in [2.45, 2.75) is 6.54 Å². The van der Waals surface area contributed by atoms with E-state index in [1.165, 1.54) is 12.1 Å². The van der Waals surface area contributed by atoms with Crippen molar-refractivity contribution in [2.75, 3.05) is 0 Å². The Morgan fingerprint density at radius 2 is 1.94 bits per heavy atom. The first-order valence-electron chi connectivity index (χ1n) is 4.97. The van der Waals surface area contributed by atoms with Crippen LogP contribution >= 0.6 is 15.9 Å². The van der Waals surface area contributed by atoms with Crippen LogP contribution in [-0.2, 0) is 6.54 Å². The highest BCUT2D eigenvalue weighted by molar-refractivity contribution is 9.10. The molecule has 3 nitrogen and oxygen atoms in total. The molecule has 1 heterocycles. The Morgan fingerprint density at radius 1 is 1.18 bits per heavy atom. The fraction of sp³-hybridized carbons (Fsp3) is 0.0833. The van der Waals surface area contributed by atoms with E-state index in [0.29, 0.717) is 12.2 Å². The highest BCUT2D eigenvalue weighted by Crippen LogP contribution is 2.17. The van der Waals surface area contributed by atoms with Gasteiger partial charge < -0.3 is 0 Å². The highest BCUT2D eigenvalue weighted by Gasteiger charge is 1.97. The van der Waals surface area contributed by atoms with Crippen molar-refractivity contribution in [1.29, 1.82) is 0 Å². The zero-order valence-electron chi connectivity index (χ0n) is 8.85. The van der Waals surface area contributed by atoms with E-state index in [4.69, 9.17) is 0 Å². The van der Waals surface area contributed by atoms with Gasteiger partial charge in [0.15, 0.2) is 0 Å². The lowest BCUT2D eigenvalue weighted by Crippen LogP contribution is -1.84. The third-order valence-electron chi connectivity index (χ3n) is 2.10. The van der Waals surface area contributed by atoms with Crippen molar-refractivity contribution >= 4 is 21.6 Å². The van der Waals surface area contributed by atoms with E-state index >= 15 is 0 Å². The summed E-state index contributed by atoms with van der Waals surface area (Å²) in [6, 6.07) is 7.72. The van der Waals surface area contributed by atoms with Gasteiger partial charge in [-0.1, -0.05) is 15.9 Å². The van der Waals surface area contributed by atoms with Gasteiger partial charge >= 0.3 is 0 Å². The molecule has 1 aromatic heterocycles. The van der Waals surface area contributed by atoms with Gasteiger partial charge in [0.1, 0.15) is 5.82 Å². The van der Waals surface area contributed by atoms with E-state index in [1.807, 2.05) is 6.07 Å². The molecule has 17 heavy (non-hydrogen) atoms. The molecule has 2 rings (SSSR count). The third kappa shape index (κ3) is 3.42. The lowest BCUT2D eigenvalue weighted by atomic mass is 10.3. The van der Waals surface area contributed by atoms with Crippen LogP contribution in [0.5, 0.6) is 0 Å². The maximum absolute atomic E-state index is 12.6. The van der Waals surface area contributed by atoms with Gasteiger partial charge in [0, 0.05) is 22.4 Å². The van der Waals surface area contributed by atoms with E-state index in [1.54, 1.807) is 24.5 Å². The number of azo groups is 1. The molecule has 0 saturated carbocycles. The lowest BCUT2D eigenvalue weighted by molar-refractivity contribution is 0.628. The van der Waals surface area contributed by atoms with Crippen molar-refractivity contribution < 1.29 is 4.39 Å². The predicted molar refractivity (Wildman–Crippen MR) is 66.6 cm³/mol. The molecule has 0 bridgehead atoms. The Labute approximate surface area is 107 Å². The molecule has 0 spiro atoms. The minimum Gasteiger partial charge on any atom is -0.264 e. The molecule has 86 valence electrons. The molecule has 0 N–H and O–H groups in total. The number of hydrogen-bond donors (Lipinski definition) is 0. The molecule has 0 unspecified atom stereocenters. The second kappa shape index (κ2) is 5.63. The largest absolute Gasteiger partial charge is 0.264 e. The Bertz CT molecular complexity index is 526. The smallest absolute Gasteiger partial charge is 0.123 e. The monoisotopic (exact) mass is 293 g/mol. The zero-order valence-corrected chi connectivity index (χ0v) is 10.4. The number of pyridine rings is 1. The van der Waals surface area contributed by atoms with E-state index in [0.717, 1.165) is 10.0 Å². The number of halogens is 2. The highest BCUT2D eigenvalue weighted by atomic mass is 79.9. The Morgan fingerprint density at radius 3 is 2.65 bits per heavy atom. The molecule has 5 heteroatoms. The van der Waals surface area contributed by atoms with E-state index < -0.39 is 0 Å². The van der Waals surface area contributed by atoms with Gasteiger partial charge in [0.05, 0.1) is 12.2 Å². The summed E-state index contributed by atoms with van der Waals surface area (Å²) in [5.41, 5.74) is 1.59. The van der Waals surface area contributed by atoms with Crippen LogP contribution in [-0.4, -0.2) is 4.98 Å². The lowest BCUT2D eigenvalue weighted by Gasteiger charge is -1.97. The summed E-state index contributed by atoms with van der Waals surface area (Å²) in [6.07, 6.45) is 3.43. The quantitative estimate of drug-likeness (QED) is 0.779. The average molecular weight is 294 g/mol. The van der Waals surface area contributed by atoms with E-state index in [9.17, 15) is 4.39 Å². The fourth-order valence-corrected chi connectivity index (χ4v) is 1.57. The molecule has 1 aromatic carbocycles. The molecular formula is C12H9BrFN3. The van der Waals surface area contributed by atoms with Gasteiger partial charge in [0.2, 0.25) is 0 Å². The first kappa shape index (κ1) is 11.9. The van der Waals surface area contributed by atoms with Gasteiger partial charge in [-0.25, -0.2) is 4.39 Å². The van der Waals surface area contributed by atoms with Crippen LogP contribution in [0.4, 0.5) is 10.1 Å². The number of rotatable bonds is 3. The summed E-state index contributed by atoms with van der Waals surface area (Å²) in [5.74, 6) is -0.279. The predicted octanol–water partition coefficient (Wildman–Crippen LogP) is 4.27. The van der Waals surface area contributed by atoms with E-state index in [2.05, 4.69) is 31.1 Å². The van der Waals surface area contributed by atoms with Crippen LogP contribution in [0.2, 0.25) is 0 Å². The molecule has 2 aromatic rings. The van der Waals surface area contributed by atoms with Gasteiger partial charge in [-0.15, -0.1) is 0 Å². The standard InChI is InChI=1S/C12H9BrFN3/c13-12-5-6-15-7-9(12)8-16-17-11-3-1-10(14)2-4-11/h1-7H,8H2. The molecule has 0 radical (unpaired) electrons. The van der Waals surface area contributed by atoms with Crippen molar-refractivity contribution in [3.05, 3.63) is 58.6 Å². The van der Waals surface area contributed by atoms with Crippen LogP contribution in [0.25, 0.3) is 0 Å². The summed E-state index contributed by atoms with van der Waals surface area (Å²) in [4.78, 5) is 4.00. The Hall–Kier alpha value is -1.62. The first-order chi connectivity index (χ1) is 8.25. The number of aromatic nitrogens is 1. The molecule has 0 aliphatic carbocycles. The third-order valence-corrected chi connectivity index (χ3v) is 2.87. The molecular weight excluding hydrogens is 285 g/mol. The SMILES string of the molecule is Fc1ccc(N=NCc2cnccc2Br)cc1. The maximum atomic E-state index is 12.6. The van der Waals surface area contributed by atoms with Crippen LogP contribution < -0.4 is 0 Å².